The first-order valence-electron chi connectivity index (χ1n) is 6.91. The van der Waals surface area contributed by atoms with Crippen LogP contribution in [0.15, 0.2) is 12.2 Å². The summed E-state index contributed by atoms with van der Waals surface area (Å²) in [6, 6.07) is 0.880. The van der Waals surface area contributed by atoms with Gasteiger partial charge in [0.2, 0.25) is 0 Å². The van der Waals surface area contributed by atoms with Gasteiger partial charge in [0.15, 0.2) is 0 Å². The van der Waals surface area contributed by atoms with Gasteiger partial charge >= 0.3 is 0 Å². The second kappa shape index (κ2) is 5.83. The Morgan fingerprint density at radius 3 is 2.75 bits per heavy atom. The van der Waals surface area contributed by atoms with Crippen molar-refractivity contribution in [3.8, 4) is 0 Å². The molecule has 2 rings (SSSR count). The first kappa shape index (κ1) is 12.1. The largest absolute Gasteiger partial charge is 0.316 e. The van der Waals surface area contributed by atoms with E-state index >= 15 is 0 Å². The van der Waals surface area contributed by atoms with Crippen LogP contribution in [-0.4, -0.2) is 37.1 Å². The molecule has 1 unspecified atom stereocenters. The minimum atomic E-state index is 0.874. The lowest BCUT2D eigenvalue weighted by Gasteiger charge is -2.30. The molecule has 0 aromatic heterocycles. The van der Waals surface area contributed by atoms with Crippen molar-refractivity contribution in [2.45, 2.75) is 45.1 Å². The molecule has 2 fully saturated rings. The predicted molar refractivity (Wildman–Crippen MR) is 69.6 cm³/mol. The molecule has 0 spiro atoms. The van der Waals surface area contributed by atoms with Gasteiger partial charge < -0.3 is 5.32 Å². The van der Waals surface area contributed by atoms with Crippen LogP contribution in [0.3, 0.4) is 0 Å². The van der Waals surface area contributed by atoms with E-state index in [1.54, 1.807) is 0 Å². The van der Waals surface area contributed by atoms with Gasteiger partial charge in [-0.25, -0.2) is 0 Å². The van der Waals surface area contributed by atoms with E-state index in [-0.39, 0.29) is 0 Å². The zero-order chi connectivity index (χ0) is 11.4. The minimum absolute atomic E-state index is 0.874. The van der Waals surface area contributed by atoms with E-state index in [0.29, 0.717) is 0 Å². The van der Waals surface area contributed by atoms with Crippen LogP contribution < -0.4 is 5.32 Å². The molecule has 2 nitrogen and oxygen atoms in total. The highest BCUT2D eigenvalue weighted by atomic mass is 15.2. The van der Waals surface area contributed by atoms with Gasteiger partial charge in [0, 0.05) is 19.1 Å². The standard InChI is InChI=1S/C14H26N2/c1-3-12(2)10-16(14-6-7-14)11-13-5-4-8-15-9-13/h13-15H,2-11H2,1H3. The summed E-state index contributed by atoms with van der Waals surface area (Å²) in [6.07, 6.45) is 6.73. The van der Waals surface area contributed by atoms with E-state index in [4.69, 9.17) is 0 Å². The van der Waals surface area contributed by atoms with E-state index in [0.717, 1.165) is 24.9 Å². The average molecular weight is 222 g/mol. The van der Waals surface area contributed by atoms with Crippen LogP contribution >= 0.6 is 0 Å². The smallest absolute Gasteiger partial charge is 0.0193 e. The zero-order valence-electron chi connectivity index (χ0n) is 10.7. The quantitative estimate of drug-likeness (QED) is 0.694. The number of piperidine rings is 1. The monoisotopic (exact) mass is 222 g/mol. The fraction of sp³-hybridized carbons (Fsp3) is 0.857. The third-order valence-electron chi connectivity index (χ3n) is 3.88. The minimum Gasteiger partial charge on any atom is -0.316 e. The van der Waals surface area contributed by atoms with E-state index in [2.05, 4.69) is 23.7 Å². The summed E-state index contributed by atoms with van der Waals surface area (Å²) in [5.74, 6) is 0.874. The van der Waals surface area contributed by atoms with Crippen molar-refractivity contribution >= 4 is 0 Å². The summed E-state index contributed by atoms with van der Waals surface area (Å²) in [5, 5.41) is 3.52. The highest BCUT2D eigenvalue weighted by Crippen LogP contribution is 2.29. The number of hydrogen-bond donors (Lipinski definition) is 1. The molecular weight excluding hydrogens is 196 g/mol. The van der Waals surface area contributed by atoms with Gasteiger partial charge in [0.05, 0.1) is 0 Å². The highest BCUT2D eigenvalue weighted by molar-refractivity contribution is 5.00. The van der Waals surface area contributed by atoms with Crippen LogP contribution in [0, 0.1) is 5.92 Å². The Balaban J connectivity index is 1.79. The molecule has 1 aliphatic carbocycles. The van der Waals surface area contributed by atoms with Gasteiger partial charge in [-0.3, -0.25) is 4.90 Å². The van der Waals surface area contributed by atoms with Gasteiger partial charge in [-0.1, -0.05) is 19.1 Å². The molecule has 16 heavy (non-hydrogen) atoms. The van der Waals surface area contributed by atoms with E-state index in [1.165, 1.54) is 50.9 Å². The van der Waals surface area contributed by atoms with E-state index < -0.39 is 0 Å². The van der Waals surface area contributed by atoms with E-state index in [1.807, 2.05) is 0 Å². The van der Waals surface area contributed by atoms with Crippen molar-refractivity contribution in [2.75, 3.05) is 26.2 Å². The Labute approximate surface area is 100 Å². The summed E-state index contributed by atoms with van der Waals surface area (Å²) in [4.78, 5) is 2.68. The molecule has 0 aromatic rings. The lowest BCUT2D eigenvalue weighted by Crippen LogP contribution is -2.39. The summed E-state index contributed by atoms with van der Waals surface area (Å²) in [5.41, 5.74) is 1.40. The molecule has 0 bridgehead atoms. The number of rotatable bonds is 6. The Hall–Kier alpha value is -0.340. The Bertz CT molecular complexity index is 227. The van der Waals surface area contributed by atoms with Crippen molar-refractivity contribution in [1.82, 2.24) is 10.2 Å². The van der Waals surface area contributed by atoms with Crippen molar-refractivity contribution in [1.29, 1.82) is 0 Å². The molecule has 2 aliphatic rings. The average Bonchev–Trinajstić information content (AvgIpc) is 3.13. The van der Waals surface area contributed by atoms with Gasteiger partial charge in [-0.2, -0.15) is 0 Å². The summed E-state index contributed by atoms with van der Waals surface area (Å²) in [7, 11) is 0. The number of hydrogen-bond acceptors (Lipinski definition) is 2. The van der Waals surface area contributed by atoms with Crippen LogP contribution in [-0.2, 0) is 0 Å². The first-order chi connectivity index (χ1) is 7.79. The molecule has 0 aromatic carbocycles. The normalized spacial score (nSPS) is 26.0. The predicted octanol–water partition coefficient (Wildman–Crippen LogP) is 2.42. The van der Waals surface area contributed by atoms with Gasteiger partial charge in [0.1, 0.15) is 0 Å². The van der Waals surface area contributed by atoms with Crippen LogP contribution in [0.4, 0.5) is 0 Å². The van der Waals surface area contributed by atoms with Crippen LogP contribution in [0.1, 0.15) is 39.0 Å². The maximum Gasteiger partial charge on any atom is 0.0193 e. The van der Waals surface area contributed by atoms with Crippen molar-refractivity contribution in [3.63, 3.8) is 0 Å². The Kier molecular flexibility index (Phi) is 4.42. The fourth-order valence-corrected chi connectivity index (χ4v) is 2.59. The Morgan fingerprint density at radius 1 is 1.38 bits per heavy atom. The molecule has 0 radical (unpaired) electrons. The fourth-order valence-electron chi connectivity index (χ4n) is 2.59. The molecule has 1 saturated carbocycles. The zero-order valence-corrected chi connectivity index (χ0v) is 10.7. The SMILES string of the molecule is C=C(CC)CN(CC1CCCNC1)C1CC1. The molecule has 1 heterocycles. The maximum atomic E-state index is 4.16. The highest BCUT2D eigenvalue weighted by Gasteiger charge is 2.30. The number of nitrogens with one attached hydrogen (secondary N) is 1. The van der Waals surface area contributed by atoms with Crippen molar-refractivity contribution in [3.05, 3.63) is 12.2 Å². The third kappa shape index (κ3) is 3.60. The summed E-state index contributed by atoms with van der Waals surface area (Å²) in [6.45, 7) is 11.2. The Morgan fingerprint density at radius 2 is 2.19 bits per heavy atom. The second-order valence-corrected chi connectivity index (χ2v) is 5.48. The first-order valence-corrected chi connectivity index (χ1v) is 6.91. The van der Waals surface area contributed by atoms with E-state index in [9.17, 15) is 0 Å². The molecule has 1 N–H and O–H groups in total. The van der Waals surface area contributed by atoms with Crippen LogP contribution in [0.2, 0.25) is 0 Å². The van der Waals surface area contributed by atoms with Crippen molar-refractivity contribution < 1.29 is 0 Å². The van der Waals surface area contributed by atoms with Crippen LogP contribution in [0.5, 0.6) is 0 Å². The lowest BCUT2D eigenvalue weighted by atomic mass is 9.98. The topological polar surface area (TPSA) is 15.3 Å². The molecular formula is C14H26N2. The van der Waals surface area contributed by atoms with Gasteiger partial charge in [-0.05, 0) is 51.1 Å². The summed E-state index contributed by atoms with van der Waals surface area (Å²) < 4.78 is 0. The van der Waals surface area contributed by atoms with Crippen molar-refractivity contribution in [2.24, 2.45) is 5.92 Å². The number of nitrogens with zero attached hydrogens (tertiary/aromatic N) is 1. The lowest BCUT2D eigenvalue weighted by molar-refractivity contribution is 0.212. The molecule has 1 aliphatic heterocycles. The second-order valence-electron chi connectivity index (χ2n) is 5.48. The van der Waals surface area contributed by atoms with Gasteiger partial charge in [-0.15, -0.1) is 0 Å². The van der Waals surface area contributed by atoms with Crippen LogP contribution in [0.25, 0.3) is 0 Å². The third-order valence-corrected chi connectivity index (χ3v) is 3.88. The van der Waals surface area contributed by atoms with Gasteiger partial charge in [0.25, 0.3) is 0 Å². The molecule has 1 saturated heterocycles. The molecule has 92 valence electrons. The molecule has 0 amide bonds. The molecule has 2 heteroatoms. The maximum absolute atomic E-state index is 4.16. The summed E-state index contributed by atoms with van der Waals surface area (Å²) >= 11 is 0. The molecule has 1 atom stereocenters.